The average molecular weight is 236 g/mol. The van der Waals surface area contributed by atoms with E-state index < -0.39 is 5.97 Å². The first-order valence-electron chi connectivity index (χ1n) is 5.60. The second-order valence-electron chi connectivity index (χ2n) is 4.07. The highest BCUT2D eigenvalue weighted by Crippen LogP contribution is 2.18. The summed E-state index contributed by atoms with van der Waals surface area (Å²) < 4.78 is 5.24. The van der Waals surface area contributed by atoms with Crippen molar-refractivity contribution in [2.24, 2.45) is 0 Å². The summed E-state index contributed by atoms with van der Waals surface area (Å²) in [5.74, 6) is -0.913. The van der Waals surface area contributed by atoms with Crippen LogP contribution in [0.15, 0.2) is 18.2 Å². The third-order valence-corrected chi connectivity index (χ3v) is 2.70. The van der Waals surface area contributed by atoms with Gasteiger partial charge in [0.15, 0.2) is 0 Å². The van der Waals surface area contributed by atoms with Crippen LogP contribution in [0.3, 0.4) is 0 Å². The number of hydrazine groups is 1. The SMILES string of the molecule is Cc1ccc(NN2CCOCC2)c(C(=O)O)c1. The Morgan fingerprint density at radius 2 is 2.12 bits per heavy atom. The molecule has 0 atom stereocenters. The van der Waals surface area contributed by atoms with Crippen LogP contribution in [0.25, 0.3) is 0 Å². The summed E-state index contributed by atoms with van der Waals surface area (Å²) in [6.45, 7) is 4.73. The van der Waals surface area contributed by atoms with Gasteiger partial charge in [-0.05, 0) is 19.1 Å². The number of benzene rings is 1. The van der Waals surface area contributed by atoms with Crippen molar-refractivity contribution in [3.63, 3.8) is 0 Å². The number of ether oxygens (including phenoxy) is 1. The summed E-state index contributed by atoms with van der Waals surface area (Å²) in [6.07, 6.45) is 0. The van der Waals surface area contributed by atoms with Gasteiger partial charge in [-0.25, -0.2) is 9.80 Å². The molecule has 0 unspecified atom stereocenters. The minimum atomic E-state index is -0.913. The van der Waals surface area contributed by atoms with Gasteiger partial charge in [0.25, 0.3) is 0 Å². The van der Waals surface area contributed by atoms with Crippen molar-refractivity contribution in [2.45, 2.75) is 6.92 Å². The van der Waals surface area contributed by atoms with Gasteiger partial charge in [-0.1, -0.05) is 11.6 Å². The van der Waals surface area contributed by atoms with E-state index in [0.717, 1.165) is 18.7 Å². The molecule has 5 nitrogen and oxygen atoms in total. The fraction of sp³-hybridized carbons (Fsp3) is 0.417. The number of carboxylic acid groups (broad SMARTS) is 1. The van der Waals surface area contributed by atoms with Crippen molar-refractivity contribution < 1.29 is 14.6 Å². The summed E-state index contributed by atoms with van der Waals surface area (Å²) in [5, 5.41) is 11.1. The van der Waals surface area contributed by atoms with Crippen LogP contribution in [-0.4, -0.2) is 42.4 Å². The maximum absolute atomic E-state index is 11.1. The molecule has 0 aliphatic carbocycles. The molecule has 0 radical (unpaired) electrons. The van der Waals surface area contributed by atoms with Gasteiger partial charge >= 0.3 is 5.97 Å². The standard InChI is InChI=1S/C12H16N2O3/c1-9-2-3-11(10(8-9)12(15)16)13-14-4-6-17-7-5-14/h2-3,8,13H,4-7H2,1H3,(H,15,16). The number of nitrogens with zero attached hydrogens (tertiary/aromatic N) is 1. The van der Waals surface area contributed by atoms with Gasteiger partial charge in [0.1, 0.15) is 0 Å². The van der Waals surface area contributed by atoms with E-state index in [4.69, 9.17) is 9.84 Å². The lowest BCUT2D eigenvalue weighted by Gasteiger charge is -2.28. The van der Waals surface area contributed by atoms with Crippen LogP contribution >= 0.6 is 0 Å². The molecule has 1 aliphatic heterocycles. The number of carboxylic acids is 1. The maximum atomic E-state index is 11.1. The van der Waals surface area contributed by atoms with Crippen LogP contribution in [0.1, 0.15) is 15.9 Å². The van der Waals surface area contributed by atoms with Gasteiger partial charge in [-0.3, -0.25) is 0 Å². The molecule has 0 bridgehead atoms. The normalized spacial score (nSPS) is 16.8. The second kappa shape index (κ2) is 5.16. The number of hydrogen-bond acceptors (Lipinski definition) is 4. The van der Waals surface area contributed by atoms with Gasteiger partial charge in [0, 0.05) is 13.1 Å². The predicted molar refractivity (Wildman–Crippen MR) is 64.2 cm³/mol. The van der Waals surface area contributed by atoms with E-state index in [0.29, 0.717) is 24.5 Å². The highest BCUT2D eigenvalue weighted by atomic mass is 16.5. The molecule has 17 heavy (non-hydrogen) atoms. The summed E-state index contributed by atoms with van der Waals surface area (Å²) in [5.41, 5.74) is 5.00. The molecule has 1 saturated heterocycles. The topological polar surface area (TPSA) is 61.8 Å². The molecule has 2 N–H and O–H groups in total. The summed E-state index contributed by atoms with van der Waals surface area (Å²) in [4.78, 5) is 11.1. The van der Waals surface area contributed by atoms with Crippen molar-refractivity contribution >= 4 is 11.7 Å². The van der Waals surface area contributed by atoms with E-state index in [9.17, 15) is 4.79 Å². The highest BCUT2D eigenvalue weighted by Gasteiger charge is 2.14. The van der Waals surface area contributed by atoms with Crippen LogP contribution in [0.5, 0.6) is 0 Å². The highest BCUT2D eigenvalue weighted by molar-refractivity contribution is 5.94. The lowest BCUT2D eigenvalue weighted by atomic mass is 10.1. The fourth-order valence-electron chi connectivity index (χ4n) is 1.78. The molecule has 0 amide bonds. The van der Waals surface area contributed by atoms with Crippen molar-refractivity contribution in [3.05, 3.63) is 29.3 Å². The van der Waals surface area contributed by atoms with Crippen LogP contribution in [0, 0.1) is 6.92 Å². The smallest absolute Gasteiger partial charge is 0.337 e. The number of aryl methyl sites for hydroxylation is 1. The Hall–Kier alpha value is -1.59. The molecule has 0 aromatic heterocycles. The van der Waals surface area contributed by atoms with Crippen molar-refractivity contribution in [2.75, 3.05) is 31.7 Å². The van der Waals surface area contributed by atoms with E-state index in [1.807, 2.05) is 18.0 Å². The number of morpholine rings is 1. The number of aromatic carboxylic acids is 1. The van der Waals surface area contributed by atoms with Crippen molar-refractivity contribution in [1.29, 1.82) is 0 Å². The average Bonchev–Trinajstić information content (AvgIpc) is 2.32. The van der Waals surface area contributed by atoms with Gasteiger partial charge in [-0.2, -0.15) is 0 Å². The first-order chi connectivity index (χ1) is 8.16. The minimum Gasteiger partial charge on any atom is -0.478 e. The first-order valence-corrected chi connectivity index (χ1v) is 5.60. The summed E-state index contributed by atoms with van der Waals surface area (Å²) in [6, 6.07) is 5.37. The molecular weight excluding hydrogens is 220 g/mol. The Labute approximate surface area is 100.0 Å². The molecule has 1 aromatic rings. The Morgan fingerprint density at radius 1 is 1.41 bits per heavy atom. The molecule has 0 spiro atoms. The first kappa shape index (κ1) is 11.9. The number of nitrogens with one attached hydrogen (secondary N) is 1. The van der Waals surface area contributed by atoms with Gasteiger partial charge in [0.2, 0.25) is 0 Å². The Kier molecular flexibility index (Phi) is 3.61. The molecule has 5 heteroatoms. The molecule has 0 saturated carbocycles. The Bertz CT molecular complexity index is 414. The summed E-state index contributed by atoms with van der Waals surface area (Å²) >= 11 is 0. The van der Waals surface area contributed by atoms with E-state index in [1.54, 1.807) is 12.1 Å². The molecule has 1 aromatic carbocycles. The van der Waals surface area contributed by atoms with Gasteiger partial charge in [0.05, 0.1) is 24.5 Å². The summed E-state index contributed by atoms with van der Waals surface area (Å²) in [7, 11) is 0. The molecule has 1 aliphatic rings. The van der Waals surface area contributed by atoms with Gasteiger partial charge in [-0.15, -0.1) is 0 Å². The minimum absolute atomic E-state index is 0.302. The molecule has 92 valence electrons. The zero-order chi connectivity index (χ0) is 12.3. The zero-order valence-corrected chi connectivity index (χ0v) is 9.77. The Morgan fingerprint density at radius 3 is 2.76 bits per heavy atom. The second-order valence-corrected chi connectivity index (χ2v) is 4.07. The van der Waals surface area contributed by atoms with Crippen LogP contribution < -0.4 is 5.43 Å². The van der Waals surface area contributed by atoms with E-state index in [2.05, 4.69) is 5.43 Å². The zero-order valence-electron chi connectivity index (χ0n) is 9.77. The van der Waals surface area contributed by atoms with E-state index >= 15 is 0 Å². The van der Waals surface area contributed by atoms with Crippen LogP contribution in [0.4, 0.5) is 5.69 Å². The Balaban J connectivity index is 2.16. The predicted octanol–water partition coefficient (Wildman–Crippen LogP) is 1.35. The third kappa shape index (κ3) is 2.95. The van der Waals surface area contributed by atoms with Crippen molar-refractivity contribution in [1.82, 2.24) is 5.01 Å². The van der Waals surface area contributed by atoms with E-state index in [1.165, 1.54) is 0 Å². The number of anilines is 1. The monoisotopic (exact) mass is 236 g/mol. The molecular formula is C12H16N2O3. The fourth-order valence-corrected chi connectivity index (χ4v) is 1.78. The van der Waals surface area contributed by atoms with Crippen LogP contribution in [0.2, 0.25) is 0 Å². The lowest BCUT2D eigenvalue weighted by molar-refractivity contribution is 0.0495. The number of rotatable bonds is 3. The van der Waals surface area contributed by atoms with Crippen molar-refractivity contribution in [3.8, 4) is 0 Å². The molecule has 1 fully saturated rings. The number of hydrogen-bond donors (Lipinski definition) is 2. The molecule has 1 heterocycles. The molecule has 2 rings (SSSR count). The maximum Gasteiger partial charge on any atom is 0.337 e. The van der Waals surface area contributed by atoms with Crippen LogP contribution in [-0.2, 0) is 4.74 Å². The van der Waals surface area contributed by atoms with Gasteiger partial charge < -0.3 is 15.3 Å². The van der Waals surface area contributed by atoms with E-state index in [-0.39, 0.29) is 0 Å². The third-order valence-electron chi connectivity index (χ3n) is 2.70. The lowest BCUT2D eigenvalue weighted by Crippen LogP contribution is -2.40. The number of carbonyl (C=O) groups is 1. The largest absolute Gasteiger partial charge is 0.478 e. The quantitative estimate of drug-likeness (QED) is 0.829.